The first-order valence-corrected chi connectivity index (χ1v) is 12.9. The number of hydrogen-bond donors (Lipinski definition) is 1. The number of hydrogen-bond acceptors (Lipinski definition) is 9. The second kappa shape index (κ2) is 7.97. The first-order valence-electron chi connectivity index (χ1n) is 11.4. The van der Waals surface area contributed by atoms with Crippen LogP contribution in [0.15, 0.2) is 34.2 Å². The first kappa shape index (κ1) is 26.0. The highest BCUT2D eigenvalue weighted by atomic mass is 32.2. The summed E-state index contributed by atoms with van der Waals surface area (Å²) in [5.41, 5.74) is -3.78. The highest BCUT2D eigenvalue weighted by molar-refractivity contribution is 7.89. The van der Waals surface area contributed by atoms with Crippen LogP contribution in [0.1, 0.15) is 53.9 Å². The Hall–Kier alpha value is -3.06. The molecular formula is C23H30N4O8S. The molecule has 3 saturated carbocycles. The van der Waals surface area contributed by atoms with Crippen LogP contribution < -0.4 is 4.72 Å². The smallest absolute Gasteiger partial charge is 0.416 e. The molecule has 1 heterocycles. The average molecular weight is 523 g/mol. The van der Waals surface area contributed by atoms with Crippen molar-refractivity contribution in [3.8, 4) is 0 Å². The van der Waals surface area contributed by atoms with E-state index in [2.05, 4.69) is 4.72 Å². The maximum Gasteiger partial charge on any atom is 0.416 e. The van der Waals surface area contributed by atoms with Gasteiger partial charge in [0, 0.05) is 17.0 Å². The normalized spacial score (nSPS) is 28.4. The molecule has 0 saturated heterocycles. The number of carbonyl (C=O) groups excluding carboxylic acids is 2. The topological polar surface area (TPSA) is 158 Å². The average Bonchev–Trinajstić information content (AvgIpc) is 2.98. The van der Waals surface area contributed by atoms with Crippen LogP contribution in [0, 0.1) is 15.5 Å². The van der Waals surface area contributed by atoms with E-state index in [0.29, 0.717) is 25.1 Å². The van der Waals surface area contributed by atoms with E-state index in [1.54, 1.807) is 34.6 Å². The van der Waals surface area contributed by atoms with Crippen molar-refractivity contribution >= 4 is 33.6 Å². The van der Waals surface area contributed by atoms with E-state index in [9.17, 15) is 28.1 Å². The summed E-state index contributed by atoms with van der Waals surface area (Å²) in [6, 6.07) is 4.11. The molecule has 12 nitrogen and oxygen atoms in total. The summed E-state index contributed by atoms with van der Waals surface area (Å²) in [4.78, 5) is 42.1. The molecule has 0 unspecified atom stereocenters. The van der Waals surface area contributed by atoms with Gasteiger partial charge in [0.05, 0.1) is 17.6 Å². The van der Waals surface area contributed by atoms with Gasteiger partial charge in [-0.3, -0.25) is 15.1 Å². The van der Waals surface area contributed by atoms with Crippen molar-refractivity contribution in [2.75, 3.05) is 7.11 Å². The Balaban J connectivity index is 1.60. The van der Waals surface area contributed by atoms with E-state index in [1.807, 2.05) is 0 Å². The summed E-state index contributed by atoms with van der Waals surface area (Å²) < 4.78 is 39.2. The fourth-order valence-corrected chi connectivity index (χ4v) is 7.09. The molecule has 2 bridgehead atoms. The van der Waals surface area contributed by atoms with Crippen molar-refractivity contribution < 1.29 is 32.4 Å². The van der Waals surface area contributed by atoms with Gasteiger partial charge in [-0.05, 0) is 59.9 Å². The van der Waals surface area contributed by atoms with Crippen LogP contribution in [-0.4, -0.2) is 66.0 Å². The number of esters is 1. The number of rotatable bonds is 6. The van der Waals surface area contributed by atoms with E-state index in [1.165, 1.54) is 30.2 Å². The number of nitrogens with zero attached hydrogens (tertiary/aromatic N) is 3. The number of amides is 1. The zero-order chi connectivity index (χ0) is 26.9. The minimum atomic E-state index is -4.18. The second-order valence-electron chi connectivity index (χ2n) is 11.3. The Kier molecular flexibility index (Phi) is 5.76. The molecule has 1 aliphatic heterocycles. The molecule has 0 spiro atoms. The van der Waals surface area contributed by atoms with Gasteiger partial charge in [-0.1, -0.05) is 12.1 Å². The summed E-state index contributed by atoms with van der Waals surface area (Å²) in [6.07, 6.45) is 0.229. The SMILES string of the molecule is COC(=O)[C@@H]1N(C(=O)OC(C)(C)C)C(C23CC(NS(=O)(=O)c4ccccc4[N+](=O)[O-])(C2)C3)=NC1(C)C. The predicted octanol–water partition coefficient (Wildman–Crippen LogP) is 2.77. The largest absolute Gasteiger partial charge is 0.467 e. The number of aliphatic imine (C=N–C) groups is 1. The molecule has 5 rings (SSSR count). The Labute approximate surface area is 209 Å². The summed E-state index contributed by atoms with van der Waals surface area (Å²) in [6.45, 7) is 8.58. The van der Waals surface area contributed by atoms with Gasteiger partial charge in [-0.25, -0.2) is 27.6 Å². The van der Waals surface area contributed by atoms with Gasteiger partial charge in [-0.15, -0.1) is 0 Å². The van der Waals surface area contributed by atoms with Gasteiger partial charge in [0.1, 0.15) is 11.4 Å². The van der Waals surface area contributed by atoms with Crippen LogP contribution >= 0.6 is 0 Å². The standard InChI is InChI=1S/C23H30N4O8S/c1-20(2,3)35-19(29)26-16(17(28)34-6)21(4,5)24-18(26)22-11-23(12-22,13-22)25-36(32,33)15-10-8-7-9-14(15)27(30)31/h7-10,16,25H,11-13H2,1-6H3/t16-,22?,23?/m0/s1. The van der Waals surface area contributed by atoms with Gasteiger partial charge >= 0.3 is 12.1 Å². The van der Waals surface area contributed by atoms with Gasteiger partial charge in [0.2, 0.25) is 10.0 Å². The lowest BCUT2D eigenvalue weighted by atomic mass is 9.39. The lowest BCUT2D eigenvalue weighted by molar-refractivity contribution is -0.387. The predicted molar refractivity (Wildman–Crippen MR) is 128 cm³/mol. The fourth-order valence-electron chi connectivity index (χ4n) is 5.52. The Morgan fingerprint density at radius 3 is 2.31 bits per heavy atom. The van der Waals surface area contributed by atoms with Crippen LogP contribution in [0.4, 0.5) is 10.5 Å². The van der Waals surface area contributed by atoms with E-state index < -0.39 is 65.7 Å². The zero-order valence-electron chi connectivity index (χ0n) is 21.0. The highest BCUT2D eigenvalue weighted by Crippen LogP contribution is 2.69. The molecule has 1 aromatic rings. The molecule has 3 fully saturated rings. The number of amidine groups is 1. The highest BCUT2D eigenvalue weighted by Gasteiger charge is 2.74. The summed E-state index contributed by atoms with van der Waals surface area (Å²) in [5, 5.41) is 11.3. The zero-order valence-corrected chi connectivity index (χ0v) is 21.8. The Morgan fingerprint density at radius 1 is 1.19 bits per heavy atom. The number of para-hydroxylation sites is 1. The third kappa shape index (κ3) is 4.13. The van der Waals surface area contributed by atoms with Gasteiger partial charge in [0.25, 0.3) is 5.69 Å². The third-order valence-corrected chi connectivity index (χ3v) is 8.40. The first-order chi connectivity index (χ1) is 16.5. The van der Waals surface area contributed by atoms with E-state index in [0.717, 1.165) is 6.07 Å². The maximum absolute atomic E-state index is 13.2. The van der Waals surface area contributed by atoms with Crippen molar-refractivity contribution in [3.63, 3.8) is 0 Å². The van der Waals surface area contributed by atoms with Crippen LogP contribution in [0.25, 0.3) is 0 Å². The van der Waals surface area contributed by atoms with Gasteiger partial charge < -0.3 is 9.47 Å². The van der Waals surface area contributed by atoms with Crippen LogP contribution in [0.3, 0.4) is 0 Å². The number of nitro groups is 1. The molecule has 36 heavy (non-hydrogen) atoms. The molecule has 3 aliphatic carbocycles. The second-order valence-corrected chi connectivity index (χ2v) is 12.9. The quantitative estimate of drug-likeness (QED) is 0.339. The number of ether oxygens (including phenoxy) is 2. The summed E-state index contributed by atoms with van der Waals surface area (Å²) in [5.74, 6) is -0.271. The van der Waals surface area contributed by atoms with Crippen molar-refractivity contribution in [1.29, 1.82) is 0 Å². The van der Waals surface area contributed by atoms with Crippen LogP contribution in [0.5, 0.6) is 0 Å². The molecule has 1 atom stereocenters. The number of nitrogens with one attached hydrogen (secondary N) is 1. The lowest BCUT2D eigenvalue weighted by Gasteiger charge is -2.70. The van der Waals surface area contributed by atoms with Crippen molar-refractivity contribution in [2.45, 2.75) is 81.5 Å². The van der Waals surface area contributed by atoms with E-state index >= 15 is 0 Å². The molecule has 0 radical (unpaired) electrons. The minimum absolute atomic E-state index is 0.321. The third-order valence-electron chi connectivity index (χ3n) is 6.77. The number of methoxy groups -OCH3 is 1. The summed E-state index contributed by atoms with van der Waals surface area (Å²) in [7, 11) is -2.95. The van der Waals surface area contributed by atoms with E-state index in [-0.39, 0.29) is 0 Å². The fraction of sp³-hybridized carbons (Fsp3) is 0.609. The van der Waals surface area contributed by atoms with Crippen molar-refractivity contribution in [1.82, 2.24) is 9.62 Å². The van der Waals surface area contributed by atoms with Gasteiger partial charge in [0.15, 0.2) is 10.9 Å². The number of carbonyl (C=O) groups is 2. The summed E-state index contributed by atoms with van der Waals surface area (Å²) >= 11 is 0. The molecule has 196 valence electrons. The van der Waals surface area contributed by atoms with Crippen molar-refractivity contribution in [2.24, 2.45) is 10.4 Å². The minimum Gasteiger partial charge on any atom is -0.467 e. The number of sulfonamides is 1. The van der Waals surface area contributed by atoms with Crippen molar-refractivity contribution in [3.05, 3.63) is 34.4 Å². The molecular weight excluding hydrogens is 492 g/mol. The molecule has 4 aliphatic rings. The Morgan fingerprint density at radius 2 is 1.78 bits per heavy atom. The monoisotopic (exact) mass is 522 g/mol. The Bertz CT molecular complexity index is 1260. The number of benzene rings is 1. The lowest BCUT2D eigenvalue weighted by Crippen LogP contribution is -2.78. The molecule has 1 amide bonds. The molecule has 0 aromatic heterocycles. The van der Waals surface area contributed by atoms with Crippen LogP contribution in [-0.2, 0) is 24.3 Å². The van der Waals surface area contributed by atoms with Crippen LogP contribution in [0.2, 0.25) is 0 Å². The molecule has 1 aromatic carbocycles. The maximum atomic E-state index is 13.2. The molecule has 13 heteroatoms. The molecule has 1 N–H and O–H groups in total. The van der Waals surface area contributed by atoms with E-state index in [4.69, 9.17) is 14.5 Å². The van der Waals surface area contributed by atoms with Gasteiger partial charge in [-0.2, -0.15) is 0 Å². The number of nitro benzene ring substituents is 1.